The van der Waals surface area contributed by atoms with Crippen LogP contribution in [0, 0.1) is 0 Å². The Labute approximate surface area is 107 Å². The van der Waals surface area contributed by atoms with E-state index in [1.54, 1.807) is 0 Å². The van der Waals surface area contributed by atoms with Gasteiger partial charge in [-0.3, -0.25) is 0 Å². The minimum Gasteiger partial charge on any atom is -0.366 e. The Morgan fingerprint density at radius 1 is 1.31 bits per heavy atom. The maximum atomic E-state index is 3.59. The van der Waals surface area contributed by atoms with Crippen molar-refractivity contribution in [3.63, 3.8) is 0 Å². The molecule has 1 heterocycles. The number of nitrogens with zero attached hydrogens (tertiary/aromatic N) is 1. The Morgan fingerprint density at radius 3 is 2.75 bits per heavy atom. The van der Waals surface area contributed by atoms with Crippen molar-refractivity contribution in [3.8, 4) is 0 Å². The van der Waals surface area contributed by atoms with Gasteiger partial charge in [-0.2, -0.15) is 0 Å². The van der Waals surface area contributed by atoms with Gasteiger partial charge in [-0.15, -0.1) is 0 Å². The van der Waals surface area contributed by atoms with Crippen molar-refractivity contribution >= 4 is 21.6 Å². The fourth-order valence-electron chi connectivity index (χ4n) is 2.78. The van der Waals surface area contributed by atoms with Crippen molar-refractivity contribution in [1.29, 1.82) is 0 Å². The molecular formula is C14H20BrN. The Morgan fingerprint density at radius 2 is 2.06 bits per heavy atom. The Kier molecular flexibility index (Phi) is 3.91. The van der Waals surface area contributed by atoms with E-state index in [2.05, 4.69) is 58.9 Å². The van der Waals surface area contributed by atoms with Gasteiger partial charge in [0.25, 0.3) is 0 Å². The number of para-hydroxylation sites is 1. The summed E-state index contributed by atoms with van der Waals surface area (Å²) in [6, 6.07) is 10.2. The number of rotatable bonds is 3. The quantitative estimate of drug-likeness (QED) is 0.745. The molecule has 88 valence electrons. The summed E-state index contributed by atoms with van der Waals surface area (Å²) in [5.74, 6) is 0. The zero-order valence-corrected chi connectivity index (χ0v) is 11.7. The van der Waals surface area contributed by atoms with Crippen LogP contribution in [0.15, 0.2) is 24.3 Å². The van der Waals surface area contributed by atoms with Crippen LogP contribution in [0.2, 0.25) is 0 Å². The molecule has 2 heteroatoms. The summed E-state index contributed by atoms with van der Waals surface area (Å²) in [6.07, 6.45) is 3.92. The maximum Gasteiger partial charge on any atom is 0.0412 e. The highest BCUT2D eigenvalue weighted by molar-refractivity contribution is 9.08. The third kappa shape index (κ3) is 2.13. The molecule has 0 saturated carbocycles. The first-order chi connectivity index (χ1) is 7.77. The van der Waals surface area contributed by atoms with Crippen LogP contribution in [-0.2, 0) is 5.33 Å². The summed E-state index contributed by atoms with van der Waals surface area (Å²) in [6.45, 7) is 4.65. The topological polar surface area (TPSA) is 3.24 Å². The fraction of sp³-hybridized carbons (Fsp3) is 0.571. The molecule has 0 N–H and O–H groups in total. The van der Waals surface area contributed by atoms with Crippen molar-refractivity contribution in [2.24, 2.45) is 0 Å². The van der Waals surface area contributed by atoms with Gasteiger partial charge >= 0.3 is 0 Å². The fourth-order valence-corrected chi connectivity index (χ4v) is 3.26. The zero-order chi connectivity index (χ0) is 11.5. The second-order valence-corrected chi connectivity index (χ2v) is 5.22. The van der Waals surface area contributed by atoms with Crippen molar-refractivity contribution in [3.05, 3.63) is 29.8 Å². The second kappa shape index (κ2) is 5.22. The van der Waals surface area contributed by atoms with Gasteiger partial charge < -0.3 is 4.90 Å². The van der Waals surface area contributed by atoms with Gasteiger partial charge in [0.05, 0.1) is 0 Å². The highest BCUT2D eigenvalue weighted by atomic mass is 79.9. The summed E-state index contributed by atoms with van der Waals surface area (Å²) in [5, 5.41) is 0.947. The summed E-state index contributed by atoms with van der Waals surface area (Å²) in [5.41, 5.74) is 2.84. The van der Waals surface area contributed by atoms with Crippen LogP contribution in [0.1, 0.15) is 38.7 Å². The summed E-state index contributed by atoms with van der Waals surface area (Å²) in [7, 11) is 0. The predicted molar refractivity (Wildman–Crippen MR) is 74.3 cm³/mol. The molecule has 1 aromatic rings. The van der Waals surface area contributed by atoms with Crippen LogP contribution in [0.5, 0.6) is 0 Å². The van der Waals surface area contributed by atoms with Gasteiger partial charge in [0.2, 0.25) is 0 Å². The van der Waals surface area contributed by atoms with Gasteiger partial charge in [-0.25, -0.2) is 0 Å². The van der Waals surface area contributed by atoms with E-state index in [-0.39, 0.29) is 0 Å². The van der Waals surface area contributed by atoms with E-state index in [1.807, 2.05) is 0 Å². The van der Waals surface area contributed by atoms with Crippen LogP contribution >= 0.6 is 15.9 Å². The van der Waals surface area contributed by atoms with E-state index in [0.29, 0.717) is 6.04 Å². The Balaban J connectivity index is 2.34. The number of hydrogen-bond acceptors (Lipinski definition) is 1. The lowest BCUT2D eigenvalue weighted by molar-refractivity contribution is 0.626. The van der Waals surface area contributed by atoms with Gasteiger partial charge in [0, 0.05) is 23.1 Å². The van der Waals surface area contributed by atoms with E-state index < -0.39 is 0 Å². The number of hydrogen-bond donors (Lipinski definition) is 0. The van der Waals surface area contributed by atoms with Crippen LogP contribution in [0.4, 0.5) is 5.69 Å². The first kappa shape index (κ1) is 12.0. The molecule has 0 spiro atoms. The van der Waals surface area contributed by atoms with Crippen molar-refractivity contribution in [1.82, 2.24) is 0 Å². The minimum absolute atomic E-state index is 0.685. The zero-order valence-electron chi connectivity index (χ0n) is 10.1. The van der Waals surface area contributed by atoms with E-state index in [9.17, 15) is 0 Å². The molecule has 0 bridgehead atoms. The third-order valence-corrected chi connectivity index (χ3v) is 4.28. The molecule has 1 aliphatic heterocycles. The van der Waals surface area contributed by atoms with Gasteiger partial charge in [-0.1, -0.05) is 41.1 Å². The van der Waals surface area contributed by atoms with Gasteiger partial charge in [-0.05, 0) is 37.8 Å². The summed E-state index contributed by atoms with van der Waals surface area (Å²) < 4.78 is 0. The third-order valence-electron chi connectivity index (χ3n) is 3.67. The first-order valence-electron chi connectivity index (χ1n) is 6.20. The van der Waals surface area contributed by atoms with Crippen molar-refractivity contribution in [2.75, 3.05) is 4.90 Å². The van der Waals surface area contributed by atoms with Crippen LogP contribution in [0.3, 0.4) is 0 Å². The number of anilines is 1. The SMILES string of the molecule is CCC1CCC(C)N1c1ccccc1CBr. The van der Waals surface area contributed by atoms with E-state index >= 15 is 0 Å². The molecule has 1 nitrogen and oxygen atoms in total. The monoisotopic (exact) mass is 281 g/mol. The van der Waals surface area contributed by atoms with Gasteiger partial charge in [0.1, 0.15) is 0 Å². The largest absolute Gasteiger partial charge is 0.366 e. The van der Waals surface area contributed by atoms with Crippen molar-refractivity contribution < 1.29 is 0 Å². The summed E-state index contributed by atoms with van der Waals surface area (Å²) in [4.78, 5) is 2.62. The summed E-state index contributed by atoms with van der Waals surface area (Å²) >= 11 is 3.59. The second-order valence-electron chi connectivity index (χ2n) is 4.66. The molecule has 1 fully saturated rings. The molecule has 1 aliphatic rings. The lowest BCUT2D eigenvalue weighted by Crippen LogP contribution is -2.34. The van der Waals surface area contributed by atoms with Crippen LogP contribution in [0.25, 0.3) is 0 Å². The Bertz CT molecular complexity index is 350. The van der Waals surface area contributed by atoms with Gasteiger partial charge in [0.15, 0.2) is 0 Å². The van der Waals surface area contributed by atoms with Crippen LogP contribution in [-0.4, -0.2) is 12.1 Å². The average Bonchev–Trinajstić information content (AvgIpc) is 2.70. The molecular weight excluding hydrogens is 262 g/mol. The molecule has 16 heavy (non-hydrogen) atoms. The lowest BCUT2D eigenvalue weighted by atomic mass is 10.1. The van der Waals surface area contributed by atoms with E-state index in [0.717, 1.165) is 11.4 Å². The van der Waals surface area contributed by atoms with E-state index in [4.69, 9.17) is 0 Å². The number of halogens is 1. The average molecular weight is 282 g/mol. The highest BCUT2D eigenvalue weighted by Crippen LogP contribution is 2.34. The molecule has 1 saturated heterocycles. The highest BCUT2D eigenvalue weighted by Gasteiger charge is 2.30. The molecule has 2 rings (SSSR count). The molecule has 2 unspecified atom stereocenters. The molecule has 1 aromatic carbocycles. The molecule has 2 atom stereocenters. The number of benzene rings is 1. The Hall–Kier alpha value is -0.500. The smallest absolute Gasteiger partial charge is 0.0412 e. The first-order valence-corrected chi connectivity index (χ1v) is 7.32. The molecule has 0 amide bonds. The molecule has 0 aliphatic carbocycles. The molecule has 0 aromatic heterocycles. The molecule has 0 radical (unpaired) electrons. The normalized spacial score (nSPS) is 25.1. The van der Waals surface area contributed by atoms with Crippen LogP contribution < -0.4 is 4.90 Å². The lowest BCUT2D eigenvalue weighted by Gasteiger charge is -2.32. The standard InChI is InChI=1S/C14H20BrN/c1-3-13-9-8-11(2)16(13)14-7-5-4-6-12(14)10-15/h4-7,11,13H,3,8-10H2,1-2H3. The maximum absolute atomic E-state index is 3.59. The predicted octanol–water partition coefficient (Wildman–Crippen LogP) is 4.35. The minimum atomic E-state index is 0.685. The number of alkyl halides is 1. The van der Waals surface area contributed by atoms with E-state index in [1.165, 1.54) is 30.5 Å². The van der Waals surface area contributed by atoms with Crippen molar-refractivity contribution in [2.45, 2.75) is 50.5 Å².